The zero-order chi connectivity index (χ0) is 22.3. The summed E-state index contributed by atoms with van der Waals surface area (Å²) >= 11 is 0. The van der Waals surface area contributed by atoms with Gasteiger partial charge in [-0.3, -0.25) is 0 Å². The number of para-hydroxylation sites is 1. The minimum absolute atomic E-state index is 0.175. The van der Waals surface area contributed by atoms with Crippen molar-refractivity contribution in [1.82, 2.24) is 9.47 Å². The van der Waals surface area contributed by atoms with Gasteiger partial charge in [0.25, 0.3) is 0 Å². The van der Waals surface area contributed by atoms with Gasteiger partial charge in [0.15, 0.2) is 0 Å². The Morgan fingerprint density at radius 2 is 1.83 bits per heavy atom. The van der Waals surface area contributed by atoms with Crippen LogP contribution in [0.15, 0.2) is 36.4 Å². The number of carboxylic acids is 2. The van der Waals surface area contributed by atoms with E-state index in [0.717, 1.165) is 39.0 Å². The number of carbonyl (C=O) groups is 2. The van der Waals surface area contributed by atoms with Gasteiger partial charge >= 0.3 is 11.9 Å². The summed E-state index contributed by atoms with van der Waals surface area (Å²) in [5, 5.41) is 17.0. The number of carboxylic acid groups (broad SMARTS) is 2. The van der Waals surface area contributed by atoms with Gasteiger partial charge in [-0.1, -0.05) is 25.1 Å². The maximum Gasteiger partial charge on any atom is 0.328 e. The fraction of sp³-hybridized carbons (Fsp3) is 0.478. The van der Waals surface area contributed by atoms with Crippen LogP contribution in [0.25, 0.3) is 10.9 Å². The molecule has 2 N–H and O–H groups in total. The Labute approximate surface area is 177 Å². The zero-order valence-electron chi connectivity index (χ0n) is 18.2. The quantitative estimate of drug-likeness (QED) is 0.671. The van der Waals surface area contributed by atoms with Crippen LogP contribution in [0.1, 0.15) is 37.9 Å². The molecule has 1 aliphatic heterocycles. The Kier molecular flexibility index (Phi) is 8.20. The second kappa shape index (κ2) is 10.4. The molecule has 0 aliphatic carbocycles. The number of benzene rings is 1. The molecule has 2 aromatic rings. The Morgan fingerprint density at radius 3 is 2.40 bits per heavy atom. The second-order valence-electron chi connectivity index (χ2n) is 7.89. The number of fused-ring (bicyclic) bond motifs is 3. The summed E-state index contributed by atoms with van der Waals surface area (Å²) in [6.45, 7) is 7.47. The maximum atomic E-state index is 9.55. The van der Waals surface area contributed by atoms with E-state index >= 15 is 0 Å². The number of hydrogen-bond acceptors (Lipinski definition) is 4. The monoisotopic (exact) mass is 416 g/mol. The molecule has 2 heterocycles. The van der Waals surface area contributed by atoms with Gasteiger partial charge in [0.1, 0.15) is 5.60 Å². The van der Waals surface area contributed by atoms with E-state index in [1.54, 1.807) is 0 Å². The standard InChI is InChI=1S/C19H28N2O.C4H4O4/c1-5-12-21-17-9-7-6-8-15(17)16-10-14-22-19(2,18(16)21)11-13-20(3)4;5-3(6)1-2-4(7)8/h6-9H,5,10-14H2,1-4H3;1-2H,(H,5,6)(H,7,8)/b;2-1-. The third-order valence-electron chi connectivity index (χ3n) is 5.20. The highest BCUT2D eigenvalue weighted by Crippen LogP contribution is 2.41. The highest BCUT2D eigenvalue weighted by molar-refractivity contribution is 5.89. The van der Waals surface area contributed by atoms with Crippen LogP contribution in [0.3, 0.4) is 0 Å². The molecule has 0 spiro atoms. The highest BCUT2D eigenvalue weighted by atomic mass is 16.5. The van der Waals surface area contributed by atoms with Gasteiger partial charge in [-0.25, -0.2) is 9.59 Å². The number of hydrogen-bond donors (Lipinski definition) is 2. The van der Waals surface area contributed by atoms with E-state index < -0.39 is 11.9 Å². The molecule has 1 aromatic heterocycles. The van der Waals surface area contributed by atoms with Gasteiger partial charge in [-0.2, -0.15) is 0 Å². The molecule has 7 nitrogen and oxygen atoms in total. The fourth-order valence-electron chi connectivity index (χ4n) is 3.91. The van der Waals surface area contributed by atoms with E-state index in [4.69, 9.17) is 14.9 Å². The Balaban J connectivity index is 0.000000343. The summed E-state index contributed by atoms with van der Waals surface area (Å²) in [6, 6.07) is 8.84. The van der Waals surface area contributed by atoms with E-state index in [1.165, 1.54) is 22.2 Å². The van der Waals surface area contributed by atoms with Crippen LogP contribution in [-0.2, 0) is 32.9 Å². The van der Waals surface area contributed by atoms with Crippen LogP contribution in [0.2, 0.25) is 0 Å². The van der Waals surface area contributed by atoms with Gasteiger partial charge in [0, 0.05) is 36.1 Å². The van der Waals surface area contributed by atoms with Gasteiger partial charge in [-0.05, 0) is 51.9 Å². The first-order chi connectivity index (χ1) is 14.2. The molecular weight excluding hydrogens is 384 g/mol. The van der Waals surface area contributed by atoms with Crippen LogP contribution < -0.4 is 0 Å². The van der Waals surface area contributed by atoms with Crippen LogP contribution in [0.5, 0.6) is 0 Å². The number of aliphatic carboxylic acids is 2. The van der Waals surface area contributed by atoms with Crippen molar-refractivity contribution in [3.05, 3.63) is 47.7 Å². The molecule has 0 saturated carbocycles. The predicted molar refractivity (Wildman–Crippen MR) is 117 cm³/mol. The largest absolute Gasteiger partial charge is 0.478 e. The van der Waals surface area contributed by atoms with E-state index in [-0.39, 0.29) is 5.60 Å². The topological polar surface area (TPSA) is 92.0 Å². The van der Waals surface area contributed by atoms with Gasteiger partial charge in [0.05, 0.1) is 12.3 Å². The highest BCUT2D eigenvalue weighted by Gasteiger charge is 2.37. The molecule has 164 valence electrons. The van der Waals surface area contributed by atoms with Crippen LogP contribution in [-0.4, -0.2) is 58.9 Å². The van der Waals surface area contributed by atoms with E-state index in [0.29, 0.717) is 12.2 Å². The lowest BCUT2D eigenvalue weighted by molar-refractivity contribution is -0.134. The number of aromatic nitrogens is 1. The number of nitrogens with zero attached hydrogens (tertiary/aromatic N) is 2. The molecule has 0 radical (unpaired) electrons. The molecule has 0 fully saturated rings. The van der Waals surface area contributed by atoms with E-state index in [9.17, 15) is 9.59 Å². The summed E-state index contributed by atoms with van der Waals surface area (Å²) < 4.78 is 8.82. The lowest BCUT2D eigenvalue weighted by Crippen LogP contribution is -2.37. The van der Waals surface area contributed by atoms with Gasteiger partial charge in [0.2, 0.25) is 0 Å². The molecule has 1 unspecified atom stereocenters. The molecular formula is C23H32N2O5. The van der Waals surface area contributed by atoms with Crippen molar-refractivity contribution >= 4 is 22.8 Å². The van der Waals surface area contributed by atoms with Crippen molar-refractivity contribution in [3.63, 3.8) is 0 Å². The molecule has 0 amide bonds. The van der Waals surface area contributed by atoms with Gasteiger partial charge < -0.3 is 24.4 Å². The lowest BCUT2D eigenvalue weighted by Gasteiger charge is -2.37. The normalized spacial score (nSPS) is 18.3. The van der Waals surface area contributed by atoms with Crippen molar-refractivity contribution < 1.29 is 24.5 Å². The number of ether oxygens (including phenoxy) is 1. The maximum absolute atomic E-state index is 9.55. The van der Waals surface area contributed by atoms with Crippen LogP contribution in [0.4, 0.5) is 0 Å². The Hall–Kier alpha value is -2.64. The smallest absolute Gasteiger partial charge is 0.328 e. The average Bonchev–Trinajstić information content (AvgIpc) is 3.02. The molecule has 0 bridgehead atoms. The predicted octanol–water partition coefficient (Wildman–Crippen LogP) is 3.50. The number of rotatable bonds is 7. The minimum Gasteiger partial charge on any atom is -0.478 e. The summed E-state index contributed by atoms with van der Waals surface area (Å²) in [5.41, 5.74) is 4.13. The average molecular weight is 417 g/mol. The first kappa shape index (κ1) is 23.6. The molecule has 7 heteroatoms. The van der Waals surface area contributed by atoms with Crippen molar-refractivity contribution in [2.24, 2.45) is 0 Å². The lowest BCUT2D eigenvalue weighted by atomic mass is 9.89. The summed E-state index contributed by atoms with van der Waals surface area (Å²) in [7, 11) is 4.27. The molecule has 0 saturated heterocycles. The Morgan fingerprint density at radius 1 is 1.20 bits per heavy atom. The van der Waals surface area contributed by atoms with Gasteiger partial charge in [-0.15, -0.1) is 0 Å². The molecule has 3 rings (SSSR count). The van der Waals surface area contributed by atoms with E-state index in [2.05, 4.69) is 61.7 Å². The van der Waals surface area contributed by atoms with Crippen molar-refractivity contribution in [2.45, 2.75) is 45.3 Å². The third kappa shape index (κ3) is 5.70. The summed E-state index contributed by atoms with van der Waals surface area (Å²) in [5.74, 6) is -2.51. The first-order valence-corrected chi connectivity index (χ1v) is 10.2. The first-order valence-electron chi connectivity index (χ1n) is 10.2. The molecule has 1 atom stereocenters. The van der Waals surface area contributed by atoms with Crippen molar-refractivity contribution in [3.8, 4) is 0 Å². The molecule has 1 aliphatic rings. The third-order valence-corrected chi connectivity index (χ3v) is 5.20. The van der Waals surface area contributed by atoms with Crippen LogP contribution in [0, 0.1) is 0 Å². The van der Waals surface area contributed by atoms with Crippen molar-refractivity contribution in [1.29, 1.82) is 0 Å². The Bertz CT molecular complexity index is 900. The SMILES string of the molecule is CCCn1c2c(c3ccccc31)CCOC2(C)CCN(C)C.O=C(O)/C=C\C(=O)O. The summed E-state index contributed by atoms with van der Waals surface area (Å²) in [4.78, 5) is 21.4. The minimum atomic E-state index is -1.26. The molecule has 1 aromatic carbocycles. The second-order valence-corrected chi connectivity index (χ2v) is 7.89. The molecule has 30 heavy (non-hydrogen) atoms. The fourth-order valence-corrected chi connectivity index (χ4v) is 3.91. The number of aryl methyl sites for hydroxylation is 1. The van der Waals surface area contributed by atoms with Crippen molar-refractivity contribution in [2.75, 3.05) is 27.2 Å². The zero-order valence-corrected chi connectivity index (χ0v) is 18.2. The summed E-state index contributed by atoms with van der Waals surface area (Å²) in [6.07, 6.45) is 4.33. The van der Waals surface area contributed by atoms with Crippen LogP contribution >= 0.6 is 0 Å². The van der Waals surface area contributed by atoms with E-state index in [1.807, 2.05) is 0 Å².